The van der Waals surface area contributed by atoms with Gasteiger partial charge in [-0.2, -0.15) is 0 Å². The number of hydrogen-bond donors (Lipinski definition) is 3. The number of anilines is 1. The standard InChI is InChI=1S/C20H18N4O3/c21-17(25)14-7-4-10-20(11-14,19(22)27)15-8-9-16(23-12-15)24-18(26)13-5-2-1-3-6-13/h1-10,12H,11H2,(H2,21,25)(H2,22,27)(H,23,24,26). The van der Waals surface area contributed by atoms with E-state index in [9.17, 15) is 14.4 Å². The molecule has 1 aliphatic carbocycles. The Bertz CT molecular complexity index is 949. The molecule has 0 radical (unpaired) electrons. The number of nitrogens with zero attached hydrogens (tertiary/aromatic N) is 1. The smallest absolute Gasteiger partial charge is 0.256 e. The Morgan fingerprint density at radius 3 is 2.37 bits per heavy atom. The Morgan fingerprint density at radius 2 is 1.78 bits per heavy atom. The lowest BCUT2D eigenvalue weighted by Gasteiger charge is -2.30. The van der Waals surface area contributed by atoms with Crippen LogP contribution in [0.1, 0.15) is 22.3 Å². The molecule has 3 amide bonds. The largest absolute Gasteiger partial charge is 0.369 e. The summed E-state index contributed by atoms with van der Waals surface area (Å²) in [6, 6.07) is 12.0. The number of aromatic nitrogens is 1. The van der Waals surface area contributed by atoms with Crippen molar-refractivity contribution in [2.45, 2.75) is 11.8 Å². The number of benzene rings is 1. The Hall–Kier alpha value is -3.74. The molecule has 7 heteroatoms. The van der Waals surface area contributed by atoms with Crippen molar-refractivity contribution in [2.75, 3.05) is 5.32 Å². The van der Waals surface area contributed by atoms with Crippen molar-refractivity contribution in [1.82, 2.24) is 4.98 Å². The van der Waals surface area contributed by atoms with Gasteiger partial charge in [-0.25, -0.2) is 4.98 Å². The molecule has 3 rings (SSSR count). The first kappa shape index (κ1) is 18.1. The highest BCUT2D eigenvalue weighted by Gasteiger charge is 2.39. The minimum Gasteiger partial charge on any atom is -0.369 e. The highest BCUT2D eigenvalue weighted by atomic mass is 16.2. The number of carbonyl (C=O) groups is 3. The number of carbonyl (C=O) groups excluding carboxylic acids is 3. The van der Waals surface area contributed by atoms with E-state index in [1.807, 2.05) is 6.07 Å². The molecule has 5 N–H and O–H groups in total. The maximum absolute atomic E-state index is 12.2. The van der Waals surface area contributed by atoms with Gasteiger partial charge < -0.3 is 16.8 Å². The van der Waals surface area contributed by atoms with Crippen LogP contribution < -0.4 is 16.8 Å². The average Bonchev–Trinajstić information content (AvgIpc) is 2.69. The highest BCUT2D eigenvalue weighted by Crippen LogP contribution is 2.35. The van der Waals surface area contributed by atoms with Crippen molar-refractivity contribution in [2.24, 2.45) is 11.5 Å². The Kier molecular flexibility index (Phi) is 4.85. The van der Waals surface area contributed by atoms with Crippen LogP contribution in [0.25, 0.3) is 0 Å². The van der Waals surface area contributed by atoms with Gasteiger partial charge in [0.2, 0.25) is 11.8 Å². The quantitative estimate of drug-likeness (QED) is 0.743. The minimum atomic E-state index is -1.21. The summed E-state index contributed by atoms with van der Waals surface area (Å²) in [4.78, 5) is 40.1. The average molecular weight is 362 g/mol. The minimum absolute atomic E-state index is 0.0611. The summed E-state index contributed by atoms with van der Waals surface area (Å²) in [6.45, 7) is 0. The number of hydrogen-bond acceptors (Lipinski definition) is 4. The number of rotatable bonds is 5. The fourth-order valence-electron chi connectivity index (χ4n) is 2.94. The van der Waals surface area contributed by atoms with Crippen molar-refractivity contribution < 1.29 is 14.4 Å². The second kappa shape index (κ2) is 7.25. The number of amides is 3. The normalized spacial score (nSPS) is 18.4. The first-order valence-electron chi connectivity index (χ1n) is 8.23. The van der Waals surface area contributed by atoms with Gasteiger partial charge in [0.15, 0.2) is 0 Å². The second-order valence-corrected chi connectivity index (χ2v) is 6.18. The van der Waals surface area contributed by atoms with Crippen LogP contribution in [0.15, 0.2) is 72.5 Å². The summed E-state index contributed by atoms with van der Waals surface area (Å²) in [5, 5.41) is 2.69. The number of nitrogens with two attached hydrogens (primary N) is 2. The van der Waals surface area contributed by atoms with Crippen LogP contribution in [0.4, 0.5) is 5.82 Å². The topological polar surface area (TPSA) is 128 Å². The number of allylic oxidation sites excluding steroid dienone is 2. The van der Waals surface area contributed by atoms with Crippen LogP contribution in [0.5, 0.6) is 0 Å². The molecule has 0 aliphatic heterocycles. The fraction of sp³-hybridized carbons (Fsp3) is 0.100. The SMILES string of the molecule is NC(=O)C1=CC=CC(C(N)=O)(c2ccc(NC(=O)c3ccccc3)nc2)C1. The zero-order valence-electron chi connectivity index (χ0n) is 14.4. The van der Waals surface area contributed by atoms with E-state index in [1.165, 1.54) is 6.20 Å². The predicted octanol–water partition coefficient (Wildman–Crippen LogP) is 1.43. The maximum atomic E-state index is 12.2. The van der Waals surface area contributed by atoms with Gasteiger partial charge in [0.05, 0.1) is 5.41 Å². The van der Waals surface area contributed by atoms with Gasteiger partial charge >= 0.3 is 0 Å². The lowest BCUT2D eigenvalue weighted by atomic mass is 9.73. The fourth-order valence-corrected chi connectivity index (χ4v) is 2.94. The van der Waals surface area contributed by atoms with Gasteiger partial charge in [0, 0.05) is 17.3 Å². The van der Waals surface area contributed by atoms with Gasteiger partial charge in [0.25, 0.3) is 5.91 Å². The molecule has 0 saturated heterocycles. The molecule has 27 heavy (non-hydrogen) atoms. The van der Waals surface area contributed by atoms with Gasteiger partial charge in [-0.3, -0.25) is 14.4 Å². The first-order valence-corrected chi connectivity index (χ1v) is 8.23. The molecule has 1 aromatic heterocycles. The molecule has 2 aromatic rings. The first-order chi connectivity index (χ1) is 12.9. The molecule has 0 fully saturated rings. The summed E-state index contributed by atoms with van der Waals surface area (Å²) in [5.74, 6) is -1.19. The molecular weight excluding hydrogens is 344 g/mol. The zero-order chi connectivity index (χ0) is 19.4. The molecule has 136 valence electrons. The van der Waals surface area contributed by atoms with Crippen LogP contribution in [-0.4, -0.2) is 22.7 Å². The Labute approximate surface area is 155 Å². The number of pyridine rings is 1. The molecule has 1 unspecified atom stereocenters. The predicted molar refractivity (Wildman–Crippen MR) is 101 cm³/mol. The number of primary amides is 2. The van der Waals surface area contributed by atoms with Crippen molar-refractivity contribution >= 4 is 23.5 Å². The van der Waals surface area contributed by atoms with E-state index >= 15 is 0 Å². The molecule has 1 heterocycles. The second-order valence-electron chi connectivity index (χ2n) is 6.18. The molecule has 0 saturated carbocycles. The van der Waals surface area contributed by atoms with Gasteiger partial charge in [0.1, 0.15) is 5.82 Å². The van der Waals surface area contributed by atoms with E-state index in [0.29, 0.717) is 22.5 Å². The van der Waals surface area contributed by atoms with Crippen LogP contribution in [0.2, 0.25) is 0 Å². The van der Waals surface area contributed by atoms with E-state index < -0.39 is 17.2 Å². The van der Waals surface area contributed by atoms with Crippen molar-refractivity contribution in [3.8, 4) is 0 Å². The molecular formula is C20H18N4O3. The van der Waals surface area contributed by atoms with Gasteiger partial charge in [-0.15, -0.1) is 0 Å². The van der Waals surface area contributed by atoms with Crippen molar-refractivity contribution in [3.05, 3.63) is 83.6 Å². The van der Waals surface area contributed by atoms with E-state index in [1.54, 1.807) is 54.6 Å². The summed E-state index contributed by atoms with van der Waals surface area (Å²) >= 11 is 0. The van der Waals surface area contributed by atoms with Gasteiger partial charge in [-0.05, 0) is 30.2 Å². The summed E-state index contributed by atoms with van der Waals surface area (Å²) in [6.07, 6.45) is 6.29. The van der Waals surface area contributed by atoms with Crippen LogP contribution in [0.3, 0.4) is 0 Å². The van der Waals surface area contributed by atoms with E-state index in [4.69, 9.17) is 11.5 Å². The van der Waals surface area contributed by atoms with Crippen LogP contribution in [0, 0.1) is 0 Å². The van der Waals surface area contributed by atoms with E-state index in [2.05, 4.69) is 10.3 Å². The van der Waals surface area contributed by atoms with E-state index in [-0.39, 0.29) is 12.3 Å². The van der Waals surface area contributed by atoms with Crippen molar-refractivity contribution in [3.63, 3.8) is 0 Å². The summed E-state index contributed by atoms with van der Waals surface area (Å²) in [5.41, 5.74) is 11.1. The lowest BCUT2D eigenvalue weighted by Crippen LogP contribution is -2.42. The zero-order valence-corrected chi connectivity index (χ0v) is 14.4. The molecule has 1 aliphatic rings. The van der Waals surface area contributed by atoms with E-state index in [0.717, 1.165) is 0 Å². The maximum Gasteiger partial charge on any atom is 0.256 e. The van der Waals surface area contributed by atoms with Gasteiger partial charge in [-0.1, -0.05) is 42.5 Å². The molecule has 1 atom stereocenters. The van der Waals surface area contributed by atoms with Crippen molar-refractivity contribution in [1.29, 1.82) is 0 Å². The third-order valence-corrected chi connectivity index (χ3v) is 4.46. The highest BCUT2D eigenvalue weighted by molar-refractivity contribution is 6.03. The summed E-state index contributed by atoms with van der Waals surface area (Å²) < 4.78 is 0. The molecule has 0 spiro atoms. The third-order valence-electron chi connectivity index (χ3n) is 4.46. The monoisotopic (exact) mass is 362 g/mol. The molecule has 0 bridgehead atoms. The molecule has 1 aromatic carbocycles. The Morgan fingerprint density at radius 1 is 1.04 bits per heavy atom. The Balaban J connectivity index is 1.84. The number of nitrogens with one attached hydrogen (secondary N) is 1. The lowest BCUT2D eigenvalue weighted by molar-refractivity contribution is -0.122. The van der Waals surface area contributed by atoms with Crippen LogP contribution >= 0.6 is 0 Å². The molecule has 7 nitrogen and oxygen atoms in total. The van der Waals surface area contributed by atoms with Crippen LogP contribution in [-0.2, 0) is 15.0 Å². The third kappa shape index (κ3) is 3.62. The summed E-state index contributed by atoms with van der Waals surface area (Å²) in [7, 11) is 0.